The Hall–Kier alpha value is -4.70. The average Bonchev–Trinajstić information content (AvgIpc) is 3.51. The highest BCUT2D eigenvalue weighted by atomic mass is 16.2. The minimum atomic E-state index is -0.923. The van der Waals surface area contributed by atoms with Crippen molar-refractivity contribution in [1.82, 2.24) is 26.2 Å². The minimum Gasteiger partial charge on any atom is -0.343 e. The molecule has 5 rings (SSSR count). The van der Waals surface area contributed by atoms with E-state index in [-0.39, 0.29) is 42.4 Å². The lowest BCUT2D eigenvalue weighted by Crippen LogP contribution is -2.64. The molecular formula is C35H42N6O4. The van der Waals surface area contributed by atoms with E-state index in [4.69, 9.17) is 5.73 Å². The Morgan fingerprint density at radius 2 is 1.47 bits per heavy atom. The number of nitrogens with zero attached hydrogens (tertiary/aromatic N) is 1. The summed E-state index contributed by atoms with van der Waals surface area (Å²) in [4.78, 5) is 55.2. The monoisotopic (exact) mass is 610 g/mol. The van der Waals surface area contributed by atoms with E-state index in [1.165, 1.54) is 0 Å². The van der Waals surface area contributed by atoms with Gasteiger partial charge < -0.3 is 31.9 Å². The number of fused-ring (bicyclic) bond motifs is 1. The summed E-state index contributed by atoms with van der Waals surface area (Å²) >= 11 is 0. The molecule has 5 amide bonds. The van der Waals surface area contributed by atoms with Crippen molar-refractivity contribution in [3.8, 4) is 0 Å². The summed E-state index contributed by atoms with van der Waals surface area (Å²) in [5.41, 5.74) is 8.85. The lowest BCUT2D eigenvalue weighted by molar-refractivity contribution is -0.148. The second-order valence-corrected chi connectivity index (χ2v) is 11.8. The highest BCUT2D eigenvalue weighted by molar-refractivity contribution is 5.94. The topological polar surface area (TPSA) is 146 Å². The number of nitrogens with two attached hydrogens (primary N) is 1. The van der Waals surface area contributed by atoms with Crippen molar-refractivity contribution in [3.63, 3.8) is 0 Å². The van der Waals surface area contributed by atoms with Crippen LogP contribution in [0.5, 0.6) is 0 Å². The van der Waals surface area contributed by atoms with Gasteiger partial charge in [0, 0.05) is 25.0 Å². The van der Waals surface area contributed by atoms with Crippen LogP contribution in [0.1, 0.15) is 55.3 Å². The fourth-order valence-corrected chi connectivity index (χ4v) is 6.33. The molecule has 3 aromatic carbocycles. The number of urea groups is 1. The summed E-state index contributed by atoms with van der Waals surface area (Å²) in [6.45, 7) is 2.35. The first-order valence-corrected chi connectivity index (χ1v) is 15.7. The number of rotatable bonds is 11. The first kappa shape index (κ1) is 31.7. The molecule has 6 N–H and O–H groups in total. The zero-order valence-corrected chi connectivity index (χ0v) is 25.5. The Morgan fingerprint density at radius 3 is 2.07 bits per heavy atom. The highest BCUT2D eigenvalue weighted by Crippen LogP contribution is 2.36. The molecule has 5 atom stereocenters. The lowest BCUT2D eigenvalue weighted by Gasteiger charge is -2.42. The summed E-state index contributed by atoms with van der Waals surface area (Å²) in [6, 6.07) is 25.7. The Kier molecular flexibility index (Phi) is 10.5. The van der Waals surface area contributed by atoms with Crippen molar-refractivity contribution >= 4 is 23.8 Å². The van der Waals surface area contributed by atoms with E-state index >= 15 is 0 Å². The van der Waals surface area contributed by atoms with Gasteiger partial charge in [0.25, 0.3) is 0 Å². The average molecular weight is 611 g/mol. The van der Waals surface area contributed by atoms with Gasteiger partial charge in [-0.2, -0.15) is 0 Å². The molecule has 0 bridgehead atoms. The number of carbonyl (C=O) groups is 4. The number of hydrogen-bond donors (Lipinski definition) is 5. The van der Waals surface area contributed by atoms with Gasteiger partial charge in [-0.25, -0.2) is 4.79 Å². The summed E-state index contributed by atoms with van der Waals surface area (Å²) < 4.78 is 0. The van der Waals surface area contributed by atoms with Gasteiger partial charge in [-0.15, -0.1) is 0 Å². The van der Waals surface area contributed by atoms with Gasteiger partial charge in [-0.3, -0.25) is 14.4 Å². The lowest BCUT2D eigenvalue weighted by atomic mass is 9.85. The third-order valence-electron chi connectivity index (χ3n) is 8.82. The van der Waals surface area contributed by atoms with Crippen LogP contribution in [0.3, 0.4) is 0 Å². The molecule has 0 radical (unpaired) electrons. The van der Waals surface area contributed by atoms with E-state index in [0.29, 0.717) is 32.2 Å². The molecule has 0 aromatic heterocycles. The van der Waals surface area contributed by atoms with E-state index < -0.39 is 24.0 Å². The highest BCUT2D eigenvalue weighted by Gasteiger charge is 2.50. The maximum Gasteiger partial charge on any atom is 0.315 e. The Balaban J connectivity index is 1.30. The molecule has 0 saturated carbocycles. The normalized spacial score (nSPS) is 21.5. The molecular weight excluding hydrogens is 568 g/mol. The number of benzene rings is 3. The summed E-state index contributed by atoms with van der Waals surface area (Å²) in [5, 5.41) is 11.8. The van der Waals surface area contributed by atoms with Gasteiger partial charge in [0.2, 0.25) is 17.7 Å². The van der Waals surface area contributed by atoms with Crippen LogP contribution in [-0.4, -0.2) is 59.4 Å². The van der Waals surface area contributed by atoms with Crippen LogP contribution in [0.15, 0.2) is 91.0 Å². The fraction of sp³-hybridized carbons (Fsp3) is 0.371. The van der Waals surface area contributed by atoms with Crippen LogP contribution in [0, 0.1) is 5.92 Å². The molecule has 45 heavy (non-hydrogen) atoms. The van der Waals surface area contributed by atoms with E-state index in [9.17, 15) is 19.2 Å². The molecule has 236 valence electrons. The van der Waals surface area contributed by atoms with Gasteiger partial charge in [-0.1, -0.05) is 97.9 Å². The molecule has 10 heteroatoms. The number of carbonyl (C=O) groups excluding carboxylic acids is 4. The standard InChI is InChI=1S/C35H42N6O4/c1-2-28(36)32(42)40-31-26(22-38-35(45)37-21-23-12-6-3-7-13-23)20-27-18-19-29(41(27)34(31)44)33(43)39-30(24-14-8-4-9-15-24)25-16-10-5-11-17-25/h3-17,26-31H,2,18-22,36H2,1H3,(H,39,43)(H,40,42)(H2,37,38,45)/t26-,27?,28+,29+,31+/m1/s1. The van der Waals surface area contributed by atoms with Gasteiger partial charge in [-0.05, 0) is 42.4 Å². The number of amides is 5. The van der Waals surface area contributed by atoms with Crippen LogP contribution in [0.4, 0.5) is 4.79 Å². The van der Waals surface area contributed by atoms with E-state index in [1.807, 2.05) is 91.0 Å². The van der Waals surface area contributed by atoms with Crippen LogP contribution in [0.2, 0.25) is 0 Å². The van der Waals surface area contributed by atoms with Crippen molar-refractivity contribution in [2.45, 2.75) is 69.4 Å². The summed E-state index contributed by atoms with van der Waals surface area (Å²) in [5.74, 6) is -1.36. The molecule has 2 heterocycles. The van der Waals surface area contributed by atoms with Crippen molar-refractivity contribution in [1.29, 1.82) is 0 Å². The molecule has 2 fully saturated rings. The van der Waals surface area contributed by atoms with Crippen LogP contribution >= 0.6 is 0 Å². The van der Waals surface area contributed by atoms with Gasteiger partial charge in [0.05, 0.1) is 12.1 Å². The number of piperidine rings is 1. The molecule has 2 saturated heterocycles. The van der Waals surface area contributed by atoms with Crippen molar-refractivity contribution in [3.05, 3.63) is 108 Å². The van der Waals surface area contributed by atoms with Gasteiger partial charge >= 0.3 is 6.03 Å². The summed E-state index contributed by atoms with van der Waals surface area (Å²) in [6.07, 6.45) is 2.10. The van der Waals surface area contributed by atoms with Crippen molar-refractivity contribution in [2.24, 2.45) is 11.7 Å². The maximum absolute atomic E-state index is 14.1. The molecule has 1 unspecified atom stereocenters. The van der Waals surface area contributed by atoms with Crippen LogP contribution in [0.25, 0.3) is 0 Å². The van der Waals surface area contributed by atoms with Gasteiger partial charge in [0.15, 0.2) is 0 Å². The Labute approximate surface area is 264 Å². The molecule has 10 nitrogen and oxygen atoms in total. The zero-order chi connectivity index (χ0) is 31.8. The zero-order valence-electron chi connectivity index (χ0n) is 25.5. The molecule has 3 aromatic rings. The molecule has 0 aliphatic carbocycles. The molecule has 2 aliphatic rings. The Morgan fingerprint density at radius 1 is 0.867 bits per heavy atom. The smallest absolute Gasteiger partial charge is 0.315 e. The van der Waals surface area contributed by atoms with Crippen LogP contribution < -0.4 is 27.0 Å². The van der Waals surface area contributed by atoms with Crippen molar-refractivity contribution < 1.29 is 19.2 Å². The minimum absolute atomic E-state index is 0.184. The number of hydrogen-bond acceptors (Lipinski definition) is 5. The van der Waals surface area contributed by atoms with E-state index in [1.54, 1.807) is 11.8 Å². The van der Waals surface area contributed by atoms with Crippen molar-refractivity contribution in [2.75, 3.05) is 6.54 Å². The molecule has 2 aliphatic heterocycles. The molecule has 0 spiro atoms. The largest absolute Gasteiger partial charge is 0.343 e. The maximum atomic E-state index is 14.1. The first-order valence-electron chi connectivity index (χ1n) is 15.7. The predicted octanol–water partition coefficient (Wildman–Crippen LogP) is 2.99. The SMILES string of the molecule is CC[C@H](N)C(=O)N[C@@H]1C(=O)N2C(CC[C@H]2C(=O)NC(c2ccccc2)c2ccccc2)C[C@@H]1CNC(=O)NCc1ccccc1. The van der Waals surface area contributed by atoms with E-state index in [2.05, 4.69) is 21.3 Å². The third kappa shape index (κ3) is 7.69. The third-order valence-corrected chi connectivity index (χ3v) is 8.82. The van der Waals surface area contributed by atoms with E-state index in [0.717, 1.165) is 16.7 Å². The first-order chi connectivity index (χ1) is 21.9. The second-order valence-electron chi connectivity index (χ2n) is 11.8. The summed E-state index contributed by atoms with van der Waals surface area (Å²) in [7, 11) is 0. The predicted molar refractivity (Wildman–Crippen MR) is 172 cm³/mol. The van der Waals surface area contributed by atoms with Crippen LogP contribution in [-0.2, 0) is 20.9 Å². The quantitative estimate of drug-likeness (QED) is 0.227. The second kappa shape index (κ2) is 14.9. The fourth-order valence-electron chi connectivity index (χ4n) is 6.33. The Bertz CT molecular complexity index is 1420. The van der Waals surface area contributed by atoms with Gasteiger partial charge in [0.1, 0.15) is 12.1 Å². The number of nitrogens with one attached hydrogen (secondary N) is 4.